The monoisotopic (exact) mass is 293 g/mol. The summed E-state index contributed by atoms with van der Waals surface area (Å²) in [6.07, 6.45) is 7.76. The minimum Gasteiger partial charge on any atom is -0.332 e. The first-order valence-electron chi connectivity index (χ1n) is 7.82. The summed E-state index contributed by atoms with van der Waals surface area (Å²) < 4.78 is 1.78. The zero-order valence-corrected chi connectivity index (χ0v) is 12.5. The molecular formula is C18H19N3O. The van der Waals surface area contributed by atoms with Gasteiger partial charge in [0, 0.05) is 30.0 Å². The van der Waals surface area contributed by atoms with E-state index >= 15 is 0 Å². The molecule has 0 spiro atoms. The van der Waals surface area contributed by atoms with E-state index in [0.29, 0.717) is 12.1 Å². The Labute approximate surface area is 130 Å². The van der Waals surface area contributed by atoms with Crippen LogP contribution in [-0.2, 0) is 0 Å². The highest BCUT2D eigenvalue weighted by Gasteiger charge is 2.40. The lowest BCUT2D eigenvalue weighted by atomic mass is 9.97. The number of aromatic nitrogens is 2. The molecule has 2 atom stereocenters. The maximum absolute atomic E-state index is 13.0. The highest BCUT2D eigenvalue weighted by Crippen LogP contribution is 2.38. The third-order valence-corrected chi connectivity index (χ3v) is 4.77. The Bertz CT molecular complexity index is 704. The van der Waals surface area contributed by atoms with E-state index in [0.717, 1.165) is 36.9 Å². The minimum atomic E-state index is 0.147. The van der Waals surface area contributed by atoms with Crippen molar-refractivity contribution in [3.05, 3.63) is 60.4 Å². The molecular weight excluding hydrogens is 274 g/mol. The lowest BCUT2D eigenvalue weighted by molar-refractivity contribution is 0.0635. The van der Waals surface area contributed by atoms with E-state index < -0.39 is 0 Å². The average molecular weight is 293 g/mol. The average Bonchev–Trinajstić information content (AvgIpc) is 3.14. The normalized spacial score (nSPS) is 23.8. The van der Waals surface area contributed by atoms with Crippen LogP contribution in [0.15, 0.2) is 54.9 Å². The number of benzene rings is 1. The molecule has 2 aliphatic rings. The van der Waals surface area contributed by atoms with Gasteiger partial charge in [0.25, 0.3) is 5.91 Å². The van der Waals surface area contributed by atoms with Gasteiger partial charge in [-0.3, -0.25) is 4.79 Å². The Kier molecular flexibility index (Phi) is 3.10. The number of fused-ring (bicyclic) bond motifs is 2. The standard InChI is InChI=1S/C18H19N3O/c1-13-10-16-6-7-17(11-13)21(16)18(22)14-4-2-5-15(12-14)20-9-3-8-19-20/h2-5,8-9,12,16-17H,1,6-7,10-11H2. The number of hydrogen-bond acceptors (Lipinski definition) is 2. The molecule has 3 heterocycles. The summed E-state index contributed by atoms with van der Waals surface area (Å²) in [7, 11) is 0. The number of carbonyl (C=O) groups excluding carboxylic acids is 1. The molecule has 0 aliphatic carbocycles. The van der Waals surface area contributed by atoms with Crippen molar-refractivity contribution in [3.8, 4) is 5.69 Å². The second-order valence-electron chi connectivity index (χ2n) is 6.26. The van der Waals surface area contributed by atoms with Crippen LogP contribution in [0.1, 0.15) is 36.0 Å². The quantitative estimate of drug-likeness (QED) is 0.798. The molecule has 4 rings (SSSR count). The number of carbonyl (C=O) groups is 1. The Morgan fingerprint density at radius 1 is 1.18 bits per heavy atom. The van der Waals surface area contributed by atoms with Gasteiger partial charge in [-0.05, 0) is 49.9 Å². The largest absolute Gasteiger partial charge is 0.332 e. The summed E-state index contributed by atoms with van der Waals surface area (Å²) in [5, 5.41) is 4.23. The summed E-state index contributed by atoms with van der Waals surface area (Å²) in [5.74, 6) is 0.147. The molecule has 0 saturated carbocycles. The van der Waals surface area contributed by atoms with Gasteiger partial charge in [-0.2, -0.15) is 5.10 Å². The van der Waals surface area contributed by atoms with Crippen LogP contribution < -0.4 is 0 Å². The van der Waals surface area contributed by atoms with E-state index in [-0.39, 0.29) is 5.91 Å². The molecule has 1 aromatic carbocycles. The summed E-state index contributed by atoms with van der Waals surface area (Å²) >= 11 is 0. The van der Waals surface area contributed by atoms with Crippen molar-refractivity contribution >= 4 is 5.91 Å². The van der Waals surface area contributed by atoms with Crippen LogP contribution in [0.4, 0.5) is 0 Å². The molecule has 4 nitrogen and oxygen atoms in total. The molecule has 2 saturated heterocycles. The van der Waals surface area contributed by atoms with Crippen LogP contribution >= 0.6 is 0 Å². The van der Waals surface area contributed by atoms with Crippen LogP contribution in [-0.4, -0.2) is 32.7 Å². The van der Waals surface area contributed by atoms with Gasteiger partial charge < -0.3 is 4.90 Å². The van der Waals surface area contributed by atoms with Crippen LogP contribution in [0.5, 0.6) is 0 Å². The fraction of sp³-hybridized carbons (Fsp3) is 0.333. The summed E-state index contributed by atoms with van der Waals surface area (Å²) in [6.45, 7) is 4.12. The van der Waals surface area contributed by atoms with Gasteiger partial charge in [-0.1, -0.05) is 18.2 Å². The third-order valence-electron chi connectivity index (χ3n) is 4.77. The van der Waals surface area contributed by atoms with Crippen molar-refractivity contribution in [1.29, 1.82) is 0 Å². The number of hydrogen-bond donors (Lipinski definition) is 0. The van der Waals surface area contributed by atoms with Crippen molar-refractivity contribution in [3.63, 3.8) is 0 Å². The van der Waals surface area contributed by atoms with Gasteiger partial charge in [0.15, 0.2) is 0 Å². The van der Waals surface area contributed by atoms with Gasteiger partial charge in [-0.25, -0.2) is 4.68 Å². The van der Waals surface area contributed by atoms with Crippen molar-refractivity contribution in [2.24, 2.45) is 0 Å². The first-order chi connectivity index (χ1) is 10.7. The van der Waals surface area contributed by atoms with E-state index in [2.05, 4.69) is 16.6 Å². The lowest BCUT2D eigenvalue weighted by Gasteiger charge is -2.36. The molecule has 2 unspecified atom stereocenters. The zero-order valence-electron chi connectivity index (χ0n) is 12.5. The van der Waals surface area contributed by atoms with Crippen molar-refractivity contribution < 1.29 is 4.79 Å². The highest BCUT2D eigenvalue weighted by atomic mass is 16.2. The molecule has 4 heteroatoms. The molecule has 2 fully saturated rings. The SMILES string of the molecule is C=C1CC2CCC(C1)N2C(=O)c1cccc(-n2cccn2)c1. The van der Waals surface area contributed by atoms with E-state index in [1.165, 1.54) is 5.57 Å². The van der Waals surface area contributed by atoms with Crippen molar-refractivity contribution in [1.82, 2.24) is 14.7 Å². The van der Waals surface area contributed by atoms with Crippen LogP contribution in [0.3, 0.4) is 0 Å². The fourth-order valence-corrected chi connectivity index (χ4v) is 3.80. The van der Waals surface area contributed by atoms with Crippen LogP contribution in [0.2, 0.25) is 0 Å². The van der Waals surface area contributed by atoms with E-state index in [9.17, 15) is 4.79 Å². The van der Waals surface area contributed by atoms with Gasteiger partial charge in [-0.15, -0.1) is 0 Å². The van der Waals surface area contributed by atoms with E-state index in [4.69, 9.17) is 0 Å². The van der Waals surface area contributed by atoms with Gasteiger partial charge in [0.05, 0.1) is 5.69 Å². The smallest absolute Gasteiger partial charge is 0.254 e. The Morgan fingerprint density at radius 2 is 1.95 bits per heavy atom. The number of nitrogens with zero attached hydrogens (tertiary/aromatic N) is 3. The number of rotatable bonds is 2. The Balaban J connectivity index is 1.64. The third kappa shape index (κ3) is 2.15. The number of piperidine rings is 1. The second-order valence-corrected chi connectivity index (χ2v) is 6.26. The lowest BCUT2D eigenvalue weighted by Crippen LogP contribution is -2.44. The van der Waals surface area contributed by atoms with E-state index in [1.807, 2.05) is 36.5 Å². The van der Waals surface area contributed by atoms with Crippen molar-refractivity contribution in [2.45, 2.75) is 37.8 Å². The number of amides is 1. The highest BCUT2D eigenvalue weighted by molar-refractivity contribution is 5.95. The Hall–Kier alpha value is -2.36. The van der Waals surface area contributed by atoms with E-state index in [1.54, 1.807) is 10.9 Å². The second kappa shape index (κ2) is 5.13. The van der Waals surface area contributed by atoms with Crippen LogP contribution in [0, 0.1) is 0 Å². The molecule has 2 aromatic rings. The molecule has 2 bridgehead atoms. The summed E-state index contributed by atoms with van der Waals surface area (Å²) in [5.41, 5.74) is 2.96. The molecule has 112 valence electrons. The van der Waals surface area contributed by atoms with Crippen molar-refractivity contribution in [2.75, 3.05) is 0 Å². The predicted molar refractivity (Wildman–Crippen MR) is 84.9 cm³/mol. The first kappa shape index (κ1) is 13.3. The summed E-state index contributed by atoms with van der Waals surface area (Å²) in [6, 6.07) is 10.3. The molecule has 1 aromatic heterocycles. The minimum absolute atomic E-state index is 0.147. The molecule has 1 amide bonds. The molecule has 2 aliphatic heterocycles. The maximum Gasteiger partial charge on any atom is 0.254 e. The molecule has 0 N–H and O–H groups in total. The Morgan fingerprint density at radius 3 is 2.64 bits per heavy atom. The fourth-order valence-electron chi connectivity index (χ4n) is 3.80. The molecule has 0 radical (unpaired) electrons. The van der Waals surface area contributed by atoms with Gasteiger partial charge >= 0.3 is 0 Å². The van der Waals surface area contributed by atoms with Crippen LogP contribution in [0.25, 0.3) is 5.69 Å². The van der Waals surface area contributed by atoms with Gasteiger partial charge in [0.2, 0.25) is 0 Å². The molecule has 22 heavy (non-hydrogen) atoms. The topological polar surface area (TPSA) is 38.1 Å². The first-order valence-corrected chi connectivity index (χ1v) is 7.82. The zero-order chi connectivity index (χ0) is 15.1. The summed E-state index contributed by atoms with van der Waals surface area (Å²) in [4.78, 5) is 15.0. The van der Waals surface area contributed by atoms with Gasteiger partial charge in [0.1, 0.15) is 0 Å². The predicted octanol–water partition coefficient (Wildman–Crippen LogP) is 3.20. The maximum atomic E-state index is 13.0.